The zero-order valence-corrected chi connectivity index (χ0v) is 15.3. The quantitative estimate of drug-likeness (QED) is 0.879. The number of hydrogen-bond donors (Lipinski definition) is 2. The van der Waals surface area contributed by atoms with Gasteiger partial charge in [-0.05, 0) is 25.2 Å². The maximum atomic E-state index is 12.7. The second-order valence-electron chi connectivity index (χ2n) is 7.56. The van der Waals surface area contributed by atoms with Crippen LogP contribution in [0.15, 0.2) is 36.5 Å². The number of benzene rings is 1. The van der Waals surface area contributed by atoms with Crippen molar-refractivity contribution in [1.82, 2.24) is 20.4 Å². The molecule has 5 heteroatoms. The summed E-state index contributed by atoms with van der Waals surface area (Å²) >= 11 is 0. The fraction of sp³-hybridized carbons (Fsp3) is 0.500. The topological polar surface area (TPSA) is 61.0 Å². The van der Waals surface area contributed by atoms with Crippen LogP contribution in [0.25, 0.3) is 11.3 Å². The Bertz CT molecular complexity index is 687. The van der Waals surface area contributed by atoms with Gasteiger partial charge in [-0.15, -0.1) is 0 Å². The maximum absolute atomic E-state index is 12.7. The van der Waals surface area contributed by atoms with E-state index in [1.54, 1.807) is 6.20 Å². The fourth-order valence-electron chi connectivity index (χ4n) is 3.96. The van der Waals surface area contributed by atoms with Gasteiger partial charge in [-0.3, -0.25) is 9.89 Å². The summed E-state index contributed by atoms with van der Waals surface area (Å²) in [5.74, 6) is 1.38. The van der Waals surface area contributed by atoms with Crippen LogP contribution in [-0.4, -0.2) is 46.7 Å². The van der Waals surface area contributed by atoms with Gasteiger partial charge in [-0.2, -0.15) is 5.10 Å². The van der Waals surface area contributed by atoms with Crippen molar-refractivity contribution in [2.24, 2.45) is 11.8 Å². The highest BCUT2D eigenvalue weighted by molar-refractivity contribution is 5.99. The van der Waals surface area contributed by atoms with E-state index in [9.17, 15) is 4.79 Å². The average Bonchev–Trinajstić information content (AvgIpc) is 3.04. The largest absolute Gasteiger partial charge is 0.348 e. The molecule has 3 rings (SSSR count). The first-order valence-electron chi connectivity index (χ1n) is 9.15. The van der Waals surface area contributed by atoms with Gasteiger partial charge in [0, 0.05) is 31.2 Å². The summed E-state index contributed by atoms with van der Waals surface area (Å²) < 4.78 is 0. The van der Waals surface area contributed by atoms with Crippen molar-refractivity contribution in [3.63, 3.8) is 0 Å². The summed E-state index contributed by atoms with van der Waals surface area (Å²) in [6.45, 7) is 9.81. The summed E-state index contributed by atoms with van der Waals surface area (Å²) in [5.41, 5.74) is 2.33. The van der Waals surface area contributed by atoms with Gasteiger partial charge in [0.1, 0.15) is 0 Å². The molecule has 1 saturated heterocycles. The molecule has 0 saturated carbocycles. The number of carbonyl (C=O) groups is 1. The number of carbonyl (C=O) groups excluding carboxylic acids is 1. The van der Waals surface area contributed by atoms with Gasteiger partial charge in [-0.1, -0.05) is 44.2 Å². The molecule has 25 heavy (non-hydrogen) atoms. The minimum atomic E-state index is -0.0711. The maximum Gasteiger partial charge on any atom is 0.255 e. The summed E-state index contributed by atoms with van der Waals surface area (Å²) in [6.07, 6.45) is 2.90. The number of nitrogens with zero attached hydrogens (tertiary/aromatic N) is 2. The number of piperidine rings is 1. The van der Waals surface area contributed by atoms with Crippen molar-refractivity contribution < 1.29 is 4.79 Å². The molecule has 0 bridgehead atoms. The van der Waals surface area contributed by atoms with E-state index in [1.807, 2.05) is 30.3 Å². The number of aromatic amines is 1. The first kappa shape index (κ1) is 17.7. The Morgan fingerprint density at radius 3 is 2.64 bits per heavy atom. The normalized spacial score (nSPS) is 22.5. The highest BCUT2D eigenvalue weighted by Crippen LogP contribution is 2.22. The zero-order chi connectivity index (χ0) is 17.8. The van der Waals surface area contributed by atoms with E-state index in [4.69, 9.17) is 0 Å². The molecule has 2 heterocycles. The molecule has 1 aliphatic heterocycles. The van der Waals surface area contributed by atoms with Crippen LogP contribution in [-0.2, 0) is 0 Å². The van der Waals surface area contributed by atoms with E-state index in [1.165, 1.54) is 6.42 Å². The van der Waals surface area contributed by atoms with Crippen molar-refractivity contribution in [2.45, 2.75) is 33.2 Å². The second kappa shape index (κ2) is 7.83. The van der Waals surface area contributed by atoms with Crippen molar-refractivity contribution in [2.75, 3.05) is 19.6 Å². The highest BCUT2D eigenvalue weighted by atomic mass is 16.1. The molecule has 0 radical (unpaired) electrons. The molecular weight excluding hydrogens is 312 g/mol. The monoisotopic (exact) mass is 340 g/mol. The molecule has 3 unspecified atom stereocenters. The molecule has 2 N–H and O–H groups in total. The third-order valence-corrected chi connectivity index (χ3v) is 4.80. The first-order valence-corrected chi connectivity index (χ1v) is 9.15. The number of likely N-dealkylation sites (tertiary alicyclic amines) is 1. The predicted molar refractivity (Wildman–Crippen MR) is 100 cm³/mol. The molecule has 5 nitrogen and oxygen atoms in total. The lowest BCUT2D eigenvalue weighted by Gasteiger charge is -2.36. The Morgan fingerprint density at radius 2 is 1.96 bits per heavy atom. The molecule has 1 aromatic carbocycles. The Hall–Kier alpha value is -2.14. The van der Waals surface area contributed by atoms with Crippen molar-refractivity contribution >= 4 is 5.91 Å². The van der Waals surface area contributed by atoms with E-state index in [-0.39, 0.29) is 11.9 Å². The molecule has 1 aliphatic rings. The number of aromatic nitrogens is 2. The Balaban J connectivity index is 1.62. The van der Waals surface area contributed by atoms with E-state index in [2.05, 4.69) is 41.2 Å². The SMILES string of the molecule is CC1CC(C)CN(CC(C)NC(=O)c2cn[nH]c2-c2ccccc2)C1. The van der Waals surface area contributed by atoms with Gasteiger partial charge in [0.25, 0.3) is 5.91 Å². The van der Waals surface area contributed by atoms with Crippen LogP contribution >= 0.6 is 0 Å². The standard InChI is InChI=1S/C20H28N4O/c1-14-9-15(2)12-24(11-14)13-16(3)22-20(25)18-10-21-23-19(18)17-7-5-4-6-8-17/h4-8,10,14-16H,9,11-13H2,1-3H3,(H,21,23)(H,22,25). The lowest BCUT2D eigenvalue weighted by Crippen LogP contribution is -2.47. The van der Waals surface area contributed by atoms with Crippen molar-refractivity contribution in [1.29, 1.82) is 0 Å². The van der Waals surface area contributed by atoms with E-state index >= 15 is 0 Å². The van der Waals surface area contributed by atoms with Gasteiger partial charge in [0.15, 0.2) is 0 Å². The Kier molecular flexibility index (Phi) is 5.53. The van der Waals surface area contributed by atoms with Gasteiger partial charge in [-0.25, -0.2) is 0 Å². The Morgan fingerprint density at radius 1 is 1.28 bits per heavy atom. The second-order valence-corrected chi connectivity index (χ2v) is 7.56. The molecule has 1 aromatic heterocycles. The van der Waals surface area contributed by atoms with Gasteiger partial charge in [0.2, 0.25) is 0 Å². The van der Waals surface area contributed by atoms with Gasteiger partial charge in [0.05, 0.1) is 17.5 Å². The molecule has 0 aliphatic carbocycles. The average molecular weight is 340 g/mol. The number of nitrogens with one attached hydrogen (secondary N) is 2. The summed E-state index contributed by atoms with van der Waals surface area (Å²) in [7, 11) is 0. The van der Waals surface area contributed by atoms with E-state index < -0.39 is 0 Å². The van der Waals surface area contributed by atoms with E-state index in [0.29, 0.717) is 5.56 Å². The van der Waals surface area contributed by atoms with Crippen LogP contribution in [0.5, 0.6) is 0 Å². The van der Waals surface area contributed by atoms with Crippen molar-refractivity contribution in [3.05, 3.63) is 42.1 Å². The third kappa shape index (κ3) is 4.48. The fourth-order valence-corrected chi connectivity index (χ4v) is 3.96. The van der Waals surface area contributed by atoms with Gasteiger partial charge >= 0.3 is 0 Å². The van der Waals surface area contributed by atoms with Crippen molar-refractivity contribution in [3.8, 4) is 11.3 Å². The van der Waals surface area contributed by atoms with E-state index in [0.717, 1.165) is 42.7 Å². The predicted octanol–water partition coefficient (Wildman–Crippen LogP) is 3.17. The molecule has 134 valence electrons. The molecule has 1 fully saturated rings. The smallest absolute Gasteiger partial charge is 0.255 e. The Labute approximate surface area is 149 Å². The van der Waals surface area contributed by atoms with Crippen LogP contribution < -0.4 is 5.32 Å². The summed E-state index contributed by atoms with van der Waals surface area (Å²) in [5, 5.41) is 10.1. The summed E-state index contributed by atoms with van der Waals surface area (Å²) in [6, 6.07) is 9.93. The third-order valence-electron chi connectivity index (χ3n) is 4.80. The molecule has 1 amide bonds. The van der Waals surface area contributed by atoms with Crippen LogP contribution in [0.4, 0.5) is 0 Å². The van der Waals surface area contributed by atoms with Crippen LogP contribution in [0.3, 0.4) is 0 Å². The number of rotatable bonds is 5. The lowest BCUT2D eigenvalue weighted by atomic mass is 9.92. The van der Waals surface area contributed by atoms with Gasteiger partial charge < -0.3 is 10.2 Å². The van der Waals surface area contributed by atoms with Crippen LogP contribution in [0, 0.1) is 11.8 Å². The van der Waals surface area contributed by atoms with Crippen LogP contribution in [0.2, 0.25) is 0 Å². The molecule has 0 spiro atoms. The number of hydrogen-bond acceptors (Lipinski definition) is 3. The van der Waals surface area contributed by atoms with Crippen LogP contribution in [0.1, 0.15) is 37.6 Å². The zero-order valence-electron chi connectivity index (χ0n) is 15.3. The molecule has 3 atom stereocenters. The summed E-state index contributed by atoms with van der Waals surface area (Å²) in [4.78, 5) is 15.2. The minimum absolute atomic E-state index is 0.0711. The first-order chi connectivity index (χ1) is 12.0. The lowest BCUT2D eigenvalue weighted by molar-refractivity contribution is 0.0905. The number of H-pyrrole nitrogens is 1. The highest BCUT2D eigenvalue weighted by Gasteiger charge is 2.24. The minimum Gasteiger partial charge on any atom is -0.348 e. The molecular formula is C20H28N4O. The molecule has 2 aromatic rings. The number of amides is 1.